The average molecular weight is 438 g/mol. The van der Waals surface area contributed by atoms with Gasteiger partial charge in [0.25, 0.3) is 15.9 Å². The molecule has 10 heteroatoms. The van der Waals surface area contributed by atoms with Crippen LogP contribution in [0.4, 0.5) is 11.4 Å². The summed E-state index contributed by atoms with van der Waals surface area (Å²) in [7, 11) is -4.07. The van der Waals surface area contributed by atoms with Crippen molar-refractivity contribution in [2.75, 3.05) is 10.0 Å². The van der Waals surface area contributed by atoms with E-state index in [-0.39, 0.29) is 33.0 Å². The van der Waals surface area contributed by atoms with Crippen molar-refractivity contribution in [3.8, 4) is 0 Å². The molecule has 0 unspecified atom stereocenters. The van der Waals surface area contributed by atoms with E-state index >= 15 is 0 Å². The van der Waals surface area contributed by atoms with Crippen molar-refractivity contribution >= 4 is 39.2 Å². The van der Waals surface area contributed by atoms with Crippen LogP contribution in [0, 0.1) is 0 Å². The molecule has 3 rings (SSSR count). The summed E-state index contributed by atoms with van der Waals surface area (Å²) in [5.41, 5.74) is 0.117. The van der Waals surface area contributed by atoms with Crippen LogP contribution in [0.2, 0.25) is 0 Å². The van der Waals surface area contributed by atoms with Crippen LogP contribution in [-0.2, 0) is 10.0 Å². The minimum atomic E-state index is -4.07. The van der Waals surface area contributed by atoms with Crippen LogP contribution in [0.25, 0.3) is 0 Å². The molecule has 31 heavy (non-hydrogen) atoms. The summed E-state index contributed by atoms with van der Waals surface area (Å²) in [4.78, 5) is 34.0. The van der Waals surface area contributed by atoms with Gasteiger partial charge in [0.2, 0.25) is 0 Å². The number of anilines is 2. The molecule has 0 atom stereocenters. The highest BCUT2D eigenvalue weighted by atomic mass is 32.2. The predicted octanol–water partition coefficient (Wildman–Crippen LogP) is 0.467. The summed E-state index contributed by atoms with van der Waals surface area (Å²) in [6.45, 7) is 0. The topological polar surface area (TPSA) is 156 Å². The zero-order chi connectivity index (χ0) is 22.6. The number of aromatic carboxylic acids is 2. The van der Waals surface area contributed by atoms with Crippen molar-refractivity contribution in [1.29, 1.82) is 0 Å². The lowest BCUT2D eigenvalue weighted by molar-refractivity contribution is -0.256. The highest BCUT2D eigenvalue weighted by molar-refractivity contribution is 7.92. The molecule has 9 nitrogen and oxygen atoms in total. The summed E-state index contributed by atoms with van der Waals surface area (Å²) >= 11 is 0. The highest BCUT2D eigenvalue weighted by Gasteiger charge is 2.17. The summed E-state index contributed by atoms with van der Waals surface area (Å²) in [5, 5.41) is 24.2. The number of sulfonamides is 1. The molecule has 0 aromatic heterocycles. The smallest absolute Gasteiger partial charge is 0.261 e. The summed E-state index contributed by atoms with van der Waals surface area (Å²) in [5.74, 6) is -3.44. The molecule has 0 heterocycles. The van der Waals surface area contributed by atoms with E-state index in [9.17, 15) is 33.0 Å². The fraction of sp³-hybridized carbons (Fsp3) is 0. The zero-order valence-electron chi connectivity index (χ0n) is 15.7. The molecule has 0 saturated carbocycles. The Morgan fingerprint density at radius 3 is 1.94 bits per heavy atom. The molecule has 0 aliphatic rings. The minimum absolute atomic E-state index is 0.0222. The van der Waals surface area contributed by atoms with Crippen molar-refractivity contribution in [3.63, 3.8) is 0 Å². The maximum atomic E-state index is 12.6. The Labute approximate surface area is 177 Å². The Balaban J connectivity index is 1.79. The first-order valence-corrected chi connectivity index (χ1v) is 10.2. The van der Waals surface area contributed by atoms with Gasteiger partial charge in [0.15, 0.2) is 0 Å². The van der Waals surface area contributed by atoms with E-state index in [0.29, 0.717) is 0 Å². The van der Waals surface area contributed by atoms with Gasteiger partial charge in [-0.2, -0.15) is 0 Å². The van der Waals surface area contributed by atoms with Gasteiger partial charge in [-0.3, -0.25) is 9.52 Å². The predicted molar refractivity (Wildman–Crippen MR) is 107 cm³/mol. The van der Waals surface area contributed by atoms with Gasteiger partial charge < -0.3 is 25.1 Å². The lowest BCUT2D eigenvalue weighted by Crippen LogP contribution is -2.22. The number of rotatable bonds is 7. The number of amides is 1. The number of hydrogen-bond acceptors (Lipinski definition) is 7. The fourth-order valence-corrected chi connectivity index (χ4v) is 3.72. The molecule has 3 aromatic carbocycles. The summed E-state index contributed by atoms with van der Waals surface area (Å²) < 4.78 is 27.6. The molecule has 0 bridgehead atoms. The van der Waals surface area contributed by atoms with Crippen LogP contribution >= 0.6 is 0 Å². The number of nitrogens with one attached hydrogen (secondary N) is 2. The van der Waals surface area contributed by atoms with Gasteiger partial charge in [-0.15, -0.1) is 0 Å². The minimum Gasteiger partial charge on any atom is -0.545 e. The third-order valence-electron chi connectivity index (χ3n) is 4.14. The van der Waals surface area contributed by atoms with Gasteiger partial charge in [-0.05, 0) is 53.6 Å². The van der Waals surface area contributed by atoms with Crippen LogP contribution in [0.15, 0.2) is 77.7 Å². The Hall–Kier alpha value is -4.18. The fourth-order valence-electron chi connectivity index (χ4n) is 2.62. The standard InChI is InChI=1S/C21H16N2O7S/c24-19(22-17-5-1-4-15(11-17)21(27)28)14-3-2-6-18(12-14)31(29,30)23-16-9-7-13(8-10-16)20(25)26/h1-12,23H,(H,22,24)(H,25,26)(H,27,28)/p-2. The Morgan fingerprint density at radius 2 is 1.29 bits per heavy atom. The van der Waals surface area contributed by atoms with Crippen LogP contribution in [-0.4, -0.2) is 26.3 Å². The van der Waals surface area contributed by atoms with E-state index < -0.39 is 27.9 Å². The molecule has 0 saturated heterocycles. The van der Waals surface area contributed by atoms with Crippen molar-refractivity contribution in [2.24, 2.45) is 0 Å². The van der Waals surface area contributed by atoms with Crippen LogP contribution in [0.3, 0.4) is 0 Å². The second-order valence-corrected chi connectivity index (χ2v) is 8.00. The first kappa shape index (κ1) is 21.5. The maximum Gasteiger partial charge on any atom is 0.261 e. The average Bonchev–Trinajstić information content (AvgIpc) is 2.74. The van der Waals surface area contributed by atoms with Gasteiger partial charge in [0, 0.05) is 16.9 Å². The normalized spacial score (nSPS) is 10.8. The van der Waals surface area contributed by atoms with Crippen LogP contribution < -0.4 is 20.3 Å². The Morgan fingerprint density at radius 1 is 0.677 bits per heavy atom. The van der Waals surface area contributed by atoms with E-state index in [1.54, 1.807) is 0 Å². The molecular weight excluding hydrogens is 424 g/mol. The lowest BCUT2D eigenvalue weighted by atomic mass is 10.2. The largest absolute Gasteiger partial charge is 0.545 e. The van der Waals surface area contributed by atoms with Crippen molar-refractivity contribution < 1.29 is 33.0 Å². The number of carboxylic acids is 2. The molecule has 0 fully saturated rings. The van der Waals surface area contributed by atoms with Gasteiger partial charge in [0.05, 0.1) is 16.8 Å². The van der Waals surface area contributed by atoms with E-state index in [4.69, 9.17) is 0 Å². The lowest BCUT2D eigenvalue weighted by Gasteiger charge is -2.11. The van der Waals surface area contributed by atoms with Crippen molar-refractivity contribution in [1.82, 2.24) is 0 Å². The van der Waals surface area contributed by atoms with Crippen molar-refractivity contribution in [2.45, 2.75) is 4.90 Å². The molecule has 0 aliphatic heterocycles. The molecule has 158 valence electrons. The third kappa shape index (κ3) is 5.25. The number of benzene rings is 3. The van der Waals surface area contributed by atoms with E-state index in [0.717, 1.165) is 6.07 Å². The SMILES string of the molecule is O=C([O-])c1ccc(NS(=O)(=O)c2cccc(C(=O)Nc3cccc(C(=O)[O-])c3)c2)cc1. The van der Waals surface area contributed by atoms with Gasteiger partial charge in [-0.25, -0.2) is 8.42 Å². The second kappa shape index (κ2) is 8.67. The van der Waals surface area contributed by atoms with Gasteiger partial charge in [-0.1, -0.05) is 30.3 Å². The van der Waals surface area contributed by atoms with Gasteiger partial charge in [0.1, 0.15) is 0 Å². The molecular formula is C21H14N2O7S-2. The summed E-state index contributed by atoms with van der Waals surface area (Å²) in [6, 6.07) is 15.5. The Bertz CT molecular complexity index is 1270. The number of carboxylic acid groups (broad SMARTS) is 2. The number of carbonyl (C=O) groups is 3. The van der Waals surface area contributed by atoms with Crippen LogP contribution in [0.5, 0.6) is 0 Å². The van der Waals surface area contributed by atoms with Crippen molar-refractivity contribution in [3.05, 3.63) is 89.5 Å². The highest BCUT2D eigenvalue weighted by Crippen LogP contribution is 2.19. The molecule has 0 radical (unpaired) electrons. The molecule has 3 aromatic rings. The first-order valence-electron chi connectivity index (χ1n) is 8.73. The molecule has 0 aliphatic carbocycles. The third-order valence-corrected chi connectivity index (χ3v) is 5.51. The van der Waals surface area contributed by atoms with E-state index in [2.05, 4.69) is 10.0 Å². The zero-order valence-corrected chi connectivity index (χ0v) is 16.5. The van der Waals surface area contributed by atoms with E-state index in [1.807, 2.05) is 0 Å². The first-order chi connectivity index (χ1) is 14.7. The summed E-state index contributed by atoms with van der Waals surface area (Å²) in [6.07, 6.45) is 0. The van der Waals surface area contributed by atoms with Crippen LogP contribution in [0.1, 0.15) is 31.1 Å². The Kier molecular flexibility index (Phi) is 6.02. The molecule has 0 spiro atoms. The van der Waals surface area contributed by atoms with E-state index in [1.165, 1.54) is 66.7 Å². The second-order valence-electron chi connectivity index (χ2n) is 6.32. The molecule has 1 amide bonds. The quantitative estimate of drug-likeness (QED) is 0.543. The number of carbonyl (C=O) groups excluding carboxylic acids is 3. The monoisotopic (exact) mass is 438 g/mol. The maximum absolute atomic E-state index is 12.6. The van der Waals surface area contributed by atoms with Gasteiger partial charge >= 0.3 is 0 Å². The number of hydrogen-bond donors (Lipinski definition) is 2. The molecule has 2 N–H and O–H groups in total.